The van der Waals surface area contributed by atoms with Crippen LogP contribution in [0.4, 0.5) is 4.79 Å². The third-order valence-corrected chi connectivity index (χ3v) is 5.50. The van der Waals surface area contributed by atoms with Gasteiger partial charge in [-0.3, -0.25) is 14.9 Å². The van der Waals surface area contributed by atoms with E-state index in [1.807, 2.05) is 12.1 Å². The number of allylic oxidation sites excluding steroid dienone is 4. The van der Waals surface area contributed by atoms with Crippen molar-refractivity contribution in [1.82, 2.24) is 9.88 Å². The molecule has 1 aliphatic carbocycles. The summed E-state index contributed by atoms with van der Waals surface area (Å²) in [5, 5.41) is 2.97. The molecule has 2 amide bonds. The van der Waals surface area contributed by atoms with Crippen molar-refractivity contribution < 1.29 is 9.59 Å². The van der Waals surface area contributed by atoms with Gasteiger partial charge in [0, 0.05) is 23.6 Å². The van der Waals surface area contributed by atoms with Crippen LogP contribution >= 0.6 is 11.8 Å². The van der Waals surface area contributed by atoms with E-state index in [-0.39, 0.29) is 16.4 Å². The standard InChI is InChI=1S/C19H18N2O2S/c22-18-17(24-19(23)20-18)10-14-12-21(11-13-6-2-1-3-7-13)16-9-5-4-8-15(14)16/h1-2,4-6,8-9,12,17H,3,7,10-11H2,(H,20,22,23). The first-order valence-corrected chi connectivity index (χ1v) is 9.01. The number of nitrogens with one attached hydrogen (secondary N) is 1. The molecule has 1 aliphatic heterocycles. The molecule has 1 aromatic heterocycles. The van der Waals surface area contributed by atoms with Gasteiger partial charge in [-0.2, -0.15) is 0 Å². The minimum atomic E-state index is -0.325. The van der Waals surface area contributed by atoms with Crippen LogP contribution < -0.4 is 5.32 Å². The maximum atomic E-state index is 11.9. The number of thioether (sulfide) groups is 1. The predicted octanol–water partition coefficient (Wildman–Crippen LogP) is 3.81. The van der Waals surface area contributed by atoms with Crippen molar-refractivity contribution in [3.05, 3.63) is 59.8 Å². The number of aromatic nitrogens is 1. The Labute approximate surface area is 144 Å². The minimum absolute atomic E-state index is 0.179. The van der Waals surface area contributed by atoms with Crippen LogP contribution in [-0.2, 0) is 17.8 Å². The van der Waals surface area contributed by atoms with Crippen LogP contribution in [0.15, 0.2) is 54.3 Å². The number of carbonyl (C=O) groups excluding carboxylic acids is 2. The van der Waals surface area contributed by atoms with Crippen molar-refractivity contribution in [2.45, 2.75) is 31.1 Å². The fourth-order valence-electron chi connectivity index (χ4n) is 3.35. The summed E-state index contributed by atoms with van der Waals surface area (Å²) in [5.74, 6) is -0.179. The van der Waals surface area contributed by atoms with E-state index in [2.05, 4.69) is 46.4 Å². The molecule has 0 saturated carbocycles. The number of amides is 2. The summed E-state index contributed by atoms with van der Waals surface area (Å²) in [5.41, 5.74) is 3.71. The van der Waals surface area contributed by atoms with Gasteiger partial charge in [0.05, 0.1) is 5.25 Å². The largest absolute Gasteiger partial charge is 0.343 e. The Bertz CT molecular complexity index is 879. The fourth-order valence-corrected chi connectivity index (χ4v) is 4.19. The van der Waals surface area contributed by atoms with Crippen LogP contribution in [0.2, 0.25) is 0 Å². The molecule has 4 nitrogen and oxygen atoms in total. The lowest BCUT2D eigenvalue weighted by molar-refractivity contribution is -0.118. The van der Waals surface area contributed by atoms with Gasteiger partial charge in [-0.1, -0.05) is 53.8 Å². The topological polar surface area (TPSA) is 51.1 Å². The summed E-state index contributed by atoms with van der Waals surface area (Å²) in [7, 11) is 0. The van der Waals surface area contributed by atoms with E-state index >= 15 is 0 Å². The second-order valence-electron chi connectivity index (χ2n) is 6.18. The normalized spacial score (nSPS) is 20.5. The van der Waals surface area contributed by atoms with Gasteiger partial charge in [0.1, 0.15) is 0 Å². The van der Waals surface area contributed by atoms with Gasteiger partial charge in [0.2, 0.25) is 5.91 Å². The summed E-state index contributed by atoms with van der Waals surface area (Å²) in [4.78, 5) is 23.3. The molecule has 1 atom stereocenters. The summed E-state index contributed by atoms with van der Waals surface area (Å²) in [6.07, 6.45) is 11.4. The highest BCUT2D eigenvalue weighted by molar-refractivity contribution is 8.15. The molecule has 2 aromatic rings. The first-order valence-electron chi connectivity index (χ1n) is 8.13. The molecule has 1 unspecified atom stereocenters. The number of benzene rings is 1. The maximum absolute atomic E-state index is 11.9. The van der Waals surface area contributed by atoms with Crippen LogP contribution in [0.25, 0.3) is 10.9 Å². The zero-order chi connectivity index (χ0) is 16.5. The summed E-state index contributed by atoms with van der Waals surface area (Å²) in [6.45, 7) is 0.869. The van der Waals surface area contributed by atoms with Crippen molar-refractivity contribution in [1.29, 1.82) is 0 Å². The molecule has 1 aromatic carbocycles. The molecule has 4 rings (SSSR count). The van der Waals surface area contributed by atoms with E-state index in [1.165, 1.54) is 11.1 Å². The van der Waals surface area contributed by atoms with E-state index in [9.17, 15) is 9.59 Å². The molecular formula is C19H18N2O2S. The fraction of sp³-hybridized carbons (Fsp3) is 0.263. The van der Waals surface area contributed by atoms with Crippen LogP contribution in [0.1, 0.15) is 18.4 Å². The molecule has 0 radical (unpaired) electrons. The van der Waals surface area contributed by atoms with Gasteiger partial charge in [0.15, 0.2) is 0 Å². The molecule has 1 saturated heterocycles. The Kier molecular flexibility index (Phi) is 4.02. The molecule has 24 heavy (non-hydrogen) atoms. The Morgan fingerprint density at radius 1 is 1.25 bits per heavy atom. The highest BCUT2D eigenvalue weighted by Gasteiger charge is 2.32. The Morgan fingerprint density at radius 2 is 2.12 bits per heavy atom. The monoisotopic (exact) mass is 338 g/mol. The van der Waals surface area contributed by atoms with E-state index in [1.54, 1.807) is 0 Å². The van der Waals surface area contributed by atoms with Crippen LogP contribution in [0.5, 0.6) is 0 Å². The SMILES string of the molecule is O=C1NC(=O)C(Cc2cn(CC3=CC=CCC3)c3ccccc23)S1. The Hall–Kier alpha value is -2.27. The smallest absolute Gasteiger partial charge is 0.286 e. The van der Waals surface area contributed by atoms with Gasteiger partial charge in [0.25, 0.3) is 5.24 Å². The predicted molar refractivity (Wildman–Crippen MR) is 97.0 cm³/mol. The number of nitrogens with zero attached hydrogens (tertiary/aromatic N) is 1. The molecule has 0 spiro atoms. The van der Waals surface area contributed by atoms with Crippen LogP contribution in [0.3, 0.4) is 0 Å². The first kappa shape index (κ1) is 15.3. The molecule has 0 bridgehead atoms. The van der Waals surface area contributed by atoms with Crippen LogP contribution in [-0.4, -0.2) is 21.0 Å². The van der Waals surface area contributed by atoms with Gasteiger partial charge in [-0.05, 0) is 30.9 Å². The lowest BCUT2D eigenvalue weighted by Gasteiger charge is -2.11. The highest BCUT2D eigenvalue weighted by atomic mass is 32.2. The molecule has 5 heteroatoms. The van der Waals surface area contributed by atoms with Crippen molar-refractivity contribution in [3.63, 3.8) is 0 Å². The quantitative estimate of drug-likeness (QED) is 0.922. The number of hydrogen-bond donors (Lipinski definition) is 1. The zero-order valence-corrected chi connectivity index (χ0v) is 14.0. The third kappa shape index (κ3) is 2.91. The lowest BCUT2D eigenvalue weighted by atomic mass is 10.1. The maximum Gasteiger partial charge on any atom is 0.286 e. The van der Waals surface area contributed by atoms with E-state index < -0.39 is 0 Å². The van der Waals surface area contributed by atoms with Crippen molar-refractivity contribution in [3.8, 4) is 0 Å². The second-order valence-corrected chi connectivity index (χ2v) is 7.35. The van der Waals surface area contributed by atoms with Gasteiger partial charge < -0.3 is 4.57 Å². The Morgan fingerprint density at radius 3 is 2.88 bits per heavy atom. The third-order valence-electron chi connectivity index (χ3n) is 4.52. The van der Waals surface area contributed by atoms with Crippen molar-refractivity contribution in [2.24, 2.45) is 0 Å². The Balaban J connectivity index is 1.66. The van der Waals surface area contributed by atoms with Gasteiger partial charge in [-0.25, -0.2) is 0 Å². The molecular weight excluding hydrogens is 320 g/mol. The average molecular weight is 338 g/mol. The number of imide groups is 1. The molecule has 2 heterocycles. The number of carbonyl (C=O) groups is 2. The lowest BCUT2D eigenvalue weighted by Crippen LogP contribution is -2.25. The number of rotatable bonds is 4. The van der Waals surface area contributed by atoms with E-state index in [0.717, 1.165) is 42.1 Å². The van der Waals surface area contributed by atoms with Crippen molar-refractivity contribution in [2.75, 3.05) is 0 Å². The number of hydrogen-bond acceptors (Lipinski definition) is 3. The summed E-state index contributed by atoms with van der Waals surface area (Å²) >= 11 is 1.09. The van der Waals surface area contributed by atoms with Crippen molar-refractivity contribution >= 4 is 33.8 Å². The van der Waals surface area contributed by atoms with E-state index in [4.69, 9.17) is 0 Å². The summed E-state index contributed by atoms with van der Waals surface area (Å²) in [6, 6.07) is 8.27. The van der Waals surface area contributed by atoms with E-state index in [0.29, 0.717) is 6.42 Å². The van der Waals surface area contributed by atoms with Gasteiger partial charge in [-0.15, -0.1) is 0 Å². The molecule has 122 valence electrons. The minimum Gasteiger partial charge on any atom is -0.343 e. The van der Waals surface area contributed by atoms with Crippen LogP contribution in [0, 0.1) is 0 Å². The number of fused-ring (bicyclic) bond motifs is 1. The number of para-hydroxylation sites is 1. The zero-order valence-electron chi connectivity index (χ0n) is 13.2. The second kappa shape index (κ2) is 6.32. The highest BCUT2D eigenvalue weighted by Crippen LogP contribution is 2.29. The first-order chi connectivity index (χ1) is 11.7. The van der Waals surface area contributed by atoms with Gasteiger partial charge >= 0.3 is 0 Å². The summed E-state index contributed by atoms with van der Waals surface area (Å²) < 4.78 is 2.26. The molecule has 1 fully saturated rings. The molecule has 2 aliphatic rings. The average Bonchev–Trinajstić information content (AvgIpc) is 3.09. The molecule has 1 N–H and O–H groups in total.